The highest BCUT2D eigenvalue weighted by atomic mass is 79.9. The predicted octanol–water partition coefficient (Wildman–Crippen LogP) is 5.62. The molecule has 4 nitrogen and oxygen atoms in total. The Morgan fingerprint density at radius 2 is 1.96 bits per heavy atom. The maximum Gasteiger partial charge on any atom is 0.275 e. The highest BCUT2D eigenvalue weighted by molar-refractivity contribution is 9.11. The molecule has 3 rings (SSSR count). The average molecular weight is 494 g/mol. The zero-order valence-electron chi connectivity index (χ0n) is 13.5. The number of hydrogen-bond acceptors (Lipinski definition) is 4. The van der Waals surface area contributed by atoms with Gasteiger partial charge in [0.05, 0.1) is 15.6 Å². The number of hydrogen-bond donors (Lipinski definition) is 1. The van der Waals surface area contributed by atoms with Crippen LogP contribution >= 0.6 is 43.2 Å². The lowest BCUT2D eigenvalue weighted by Gasteiger charge is -2.10. The summed E-state index contributed by atoms with van der Waals surface area (Å²) in [6, 6.07) is 18.8. The maximum absolute atomic E-state index is 12.4. The lowest BCUT2D eigenvalue weighted by molar-refractivity contribution is 0.0950. The minimum atomic E-state index is -0.318. The molecule has 0 saturated heterocycles. The van der Waals surface area contributed by atoms with Crippen molar-refractivity contribution in [1.29, 1.82) is 0 Å². The van der Waals surface area contributed by atoms with Crippen LogP contribution in [0.3, 0.4) is 0 Å². The molecule has 7 heteroatoms. The number of thiophene rings is 1. The molecule has 0 aliphatic rings. The number of benzene rings is 2. The van der Waals surface area contributed by atoms with E-state index in [-0.39, 0.29) is 5.91 Å². The molecule has 0 aliphatic heterocycles. The highest BCUT2D eigenvalue weighted by Gasteiger charge is 2.11. The normalized spacial score (nSPS) is 10.8. The summed E-state index contributed by atoms with van der Waals surface area (Å²) < 4.78 is 7.83. The topological polar surface area (TPSA) is 50.7 Å². The maximum atomic E-state index is 12.4. The second-order valence-corrected chi connectivity index (χ2v) is 8.67. The molecule has 0 unspecified atom stereocenters. The quantitative estimate of drug-likeness (QED) is 0.358. The number of carbonyl (C=O) groups is 1. The summed E-state index contributed by atoms with van der Waals surface area (Å²) in [5.41, 5.74) is 3.99. The first kappa shape index (κ1) is 18.8. The summed E-state index contributed by atoms with van der Waals surface area (Å²) in [7, 11) is 0. The van der Waals surface area contributed by atoms with Gasteiger partial charge in [0, 0.05) is 9.35 Å². The van der Waals surface area contributed by atoms with Gasteiger partial charge in [0.25, 0.3) is 5.91 Å². The fourth-order valence-electron chi connectivity index (χ4n) is 2.18. The highest BCUT2D eigenvalue weighted by Crippen LogP contribution is 2.21. The molecule has 26 heavy (non-hydrogen) atoms. The van der Waals surface area contributed by atoms with Crippen LogP contribution in [0.5, 0.6) is 5.75 Å². The van der Waals surface area contributed by atoms with Crippen molar-refractivity contribution in [3.8, 4) is 5.75 Å². The molecule has 1 aromatic heterocycles. The lowest BCUT2D eigenvalue weighted by atomic mass is 10.2. The first-order chi connectivity index (χ1) is 12.6. The molecule has 1 amide bonds. The summed E-state index contributed by atoms with van der Waals surface area (Å²) >= 11 is 8.36. The van der Waals surface area contributed by atoms with Crippen LogP contribution in [0.25, 0.3) is 0 Å². The van der Waals surface area contributed by atoms with E-state index in [4.69, 9.17) is 4.74 Å². The van der Waals surface area contributed by atoms with Crippen molar-refractivity contribution in [1.82, 2.24) is 5.43 Å². The van der Waals surface area contributed by atoms with Gasteiger partial charge in [0.2, 0.25) is 0 Å². The van der Waals surface area contributed by atoms with Gasteiger partial charge in [-0.25, -0.2) is 5.43 Å². The molecule has 2 aromatic carbocycles. The Labute approximate surface area is 172 Å². The van der Waals surface area contributed by atoms with E-state index in [1.807, 2.05) is 42.5 Å². The molecule has 0 radical (unpaired) electrons. The standard InChI is InChI=1S/C19H14Br2N2O2S/c20-14-5-3-4-13(10-14)12-25-17-7-2-1-6-16(17)19(24)23-22-11-15-8-9-18(21)26-15/h1-11H,12H2,(H,23,24)/b22-11-. The Morgan fingerprint density at radius 1 is 1.12 bits per heavy atom. The number of rotatable bonds is 6. The van der Waals surface area contributed by atoms with Gasteiger partial charge in [0.1, 0.15) is 12.4 Å². The molecule has 0 fully saturated rings. The minimum absolute atomic E-state index is 0.318. The molecule has 0 atom stereocenters. The van der Waals surface area contributed by atoms with Crippen molar-refractivity contribution >= 4 is 55.3 Å². The zero-order chi connectivity index (χ0) is 18.4. The Balaban J connectivity index is 1.65. The molecule has 1 heterocycles. The molecule has 0 bridgehead atoms. The third kappa shape index (κ3) is 5.27. The second kappa shape index (κ2) is 9.12. The molecular weight excluding hydrogens is 480 g/mol. The van der Waals surface area contributed by atoms with Crippen LogP contribution in [0.4, 0.5) is 0 Å². The van der Waals surface area contributed by atoms with E-state index in [1.165, 1.54) is 11.3 Å². The molecule has 0 spiro atoms. The lowest BCUT2D eigenvalue weighted by Crippen LogP contribution is -2.18. The van der Waals surface area contributed by atoms with E-state index in [2.05, 4.69) is 42.4 Å². The van der Waals surface area contributed by atoms with Crippen LogP contribution < -0.4 is 10.2 Å². The summed E-state index contributed by atoms with van der Waals surface area (Å²) in [5, 5.41) is 4.01. The van der Waals surface area contributed by atoms with Gasteiger partial charge in [-0.15, -0.1) is 11.3 Å². The monoisotopic (exact) mass is 492 g/mol. The van der Waals surface area contributed by atoms with Crippen molar-refractivity contribution in [3.63, 3.8) is 0 Å². The third-order valence-electron chi connectivity index (χ3n) is 3.37. The molecule has 3 aromatic rings. The predicted molar refractivity (Wildman–Crippen MR) is 112 cm³/mol. The van der Waals surface area contributed by atoms with Crippen LogP contribution in [0, 0.1) is 0 Å². The average Bonchev–Trinajstić information content (AvgIpc) is 3.05. The van der Waals surface area contributed by atoms with Gasteiger partial charge in [-0.1, -0.05) is 40.2 Å². The van der Waals surface area contributed by atoms with Crippen molar-refractivity contribution in [2.75, 3.05) is 0 Å². The van der Waals surface area contributed by atoms with E-state index in [1.54, 1.807) is 24.4 Å². The minimum Gasteiger partial charge on any atom is -0.488 e. The Hall–Kier alpha value is -1.96. The summed E-state index contributed by atoms with van der Waals surface area (Å²) in [6.45, 7) is 0.371. The molecule has 0 saturated carbocycles. The smallest absolute Gasteiger partial charge is 0.275 e. The fraction of sp³-hybridized carbons (Fsp3) is 0.0526. The summed E-state index contributed by atoms with van der Waals surface area (Å²) in [4.78, 5) is 13.3. The number of halogens is 2. The molecule has 1 N–H and O–H groups in total. The van der Waals surface area contributed by atoms with Crippen LogP contribution in [-0.2, 0) is 6.61 Å². The summed E-state index contributed by atoms with van der Waals surface area (Å²) in [5.74, 6) is 0.195. The van der Waals surface area contributed by atoms with Crippen LogP contribution in [0.15, 0.2) is 74.0 Å². The van der Waals surface area contributed by atoms with E-state index < -0.39 is 0 Å². The summed E-state index contributed by atoms with van der Waals surface area (Å²) in [6.07, 6.45) is 1.61. The van der Waals surface area contributed by atoms with Gasteiger partial charge in [-0.2, -0.15) is 5.10 Å². The number of carbonyl (C=O) groups excluding carboxylic acids is 1. The van der Waals surface area contributed by atoms with Gasteiger partial charge in [-0.05, 0) is 57.9 Å². The van der Waals surface area contributed by atoms with Gasteiger partial charge < -0.3 is 4.74 Å². The van der Waals surface area contributed by atoms with E-state index >= 15 is 0 Å². The zero-order valence-corrected chi connectivity index (χ0v) is 17.5. The largest absolute Gasteiger partial charge is 0.488 e. The van der Waals surface area contributed by atoms with Crippen molar-refractivity contribution in [2.45, 2.75) is 6.61 Å². The van der Waals surface area contributed by atoms with Gasteiger partial charge >= 0.3 is 0 Å². The number of para-hydroxylation sites is 1. The Morgan fingerprint density at radius 3 is 2.73 bits per heavy atom. The number of ether oxygens (including phenoxy) is 1. The SMILES string of the molecule is O=C(N/N=C\c1ccc(Br)s1)c1ccccc1OCc1cccc(Br)c1. The number of amides is 1. The van der Waals surface area contributed by atoms with Gasteiger partial charge in [0.15, 0.2) is 0 Å². The number of hydrazone groups is 1. The second-order valence-electron chi connectivity index (χ2n) is 5.26. The number of nitrogens with one attached hydrogen (secondary N) is 1. The van der Waals surface area contributed by atoms with Crippen LogP contribution in [0.1, 0.15) is 20.8 Å². The van der Waals surface area contributed by atoms with Crippen molar-refractivity contribution in [2.24, 2.45) is 5.10 Å². The van der Waals surface area contributed by atoms with Gasteiger partial charge in [-0.3, -0.25) is 4.79 Å². The fourth-order valence-corrected chi connectivity index (χ4v) is 3.92. The Bertz CT molecular complexity index is 941. The number of nitrogens with zero attached hydrogens (tertiary/aromatic N) is 1. The van der Waals surface area contributed by atoms with Crippen molar-refractivity contribution < 1.29 is 9.53 Å². The first-order valence-electron chi connectivity index (χ1n) is 7.67. The third-order valence-corrected chi connectivity index (χ3v) is 5.42. The van der Waals surface area contributed by atoms with E-state index in [9.17, 15) is 4.79 Å². The molecule has 0 aliphatic carbocycles. The van der Waals surface area contributed by atoms with E-state index in [0.29, 0.717) is 17.9 Å². The molecular formula is C19H14Br2N2O2S. The van der Waals surface area contributed by atoms with E-state index in [0.717, 1.165) is 18.7 Å². The Kier molecular flexibility index (Phi) is 6.60. The molecule has 132 valence electrons. The van der Waals surface area contributed by atoms with Crippen molar-refractivity contribution in [3.05, 3.63) is 84.9 Å². The first-order valence-corrected chi connectivity index (χ1v) is 10.1. The van der Waals surface area contributed by atoms with Crippen LogP contribution in [-0.4, -0.2) is 12.1 Å². The van der Waals surface area contributed by atoms with Crippen LogP contribution in [0.2, 0.25) is 0 Å².